The molecule has 0 spiro atoms. The number of hydrogen-bond donors (Lipinski definition) is 1. The second-order valence-electron chi connectivity index (χ2n) is 9.15. The molecule has 1 saturated heterocycles. The van der Waals surface area contributed by atoms with Gasteiger partial charge in [0.05, 0.1) is 11.3 Å². The Hall–Kier alpha value is -3.74. The van der Waals surface area contributed by atoms with Gasteiger partial charge in [0.1, 0.15) is 5.82 Å². The number of rotatable bonds is 5. The van der Waals surface area contributed by atoms with Gasteiger partial charge in [0.2, 0.25) is 0 Å². The number of aromatic nitrogens is 4. The van der Waals surface area contributed by atoms with Crippen molar-refractivity contribution in [3.8, 4) is 11.3 Å². The van der Waals surface area contributed by atoms with Crippen LogP contribution >= 0.6 is 0 Å². The number of imidazole rings is 1. The maximum Gasteiger partial charge on any atom is 0.335 e. The highest BCUT2D eigenvalue weighted by Gasteiger charge is 2.23. The third-order valence-corrected chi connectivity index (χ3v) is 6.20. The minimum absolute atomic E-state index is 0.237. The van der Waals surface area contributed by atoms with Crippen LogP contribution in [0.15, 0.2) is 60.9 Å². The van der Waals surface area contributed by atoms with E-state index in [4.69, 9.17) is 4.98 Å². The van der Waals surface area contributed by atoms with E-state index in [1.165, 1.54) is 6.42 Å². The van der Waals surface area contributed by atoms with Crippen molar-refractivity contribution in [1.82, 2.24) is 19.6 Å². The normalized spacial score (nSPS) is 18.5. The van der Waals surface area contributed by atoms with Crippen LogP contribution in [0.2, 0.25) is 0 Å². The molecule has 0 radical (unpaired) electrons. The number of carbonyl (C=O) groups is 1. The Morgan fingerprint density at radius 3 is 2.67 bits per heavy atom. The molecule has 2 atom stereocenters. The summed E-state index contributed by atoms with van der Waals surface area (Å²) in [5.41, 5.74) is 4.44. The van der Waals surface area contributed by atoms with Crippen LogP contribution in [-0.4, -0.2) is 43.7 Å². The number of piperidine rings is 1. The van der Waals surface area contributed by atoms with Crippen molar-refractivity contribution in [2.75, 3.05) is 18.0 Å². The lowest BCUT2D eigenvalue weighted by molar-refractivity contribution is 0.0697. The van der Waals surface area contributed by atoms with E-state index in [1.54, 1.807) is 28.9 Å². The van der Waals surface area contributed by atoms with E-state index in [0.29, 0.717) is 24.0 Å². The standard InChI is InChI=1S/C26H27N5O2/c1-17-11-18(2)16-30(15-17)24-8-4-7-22(28-24)13-21-14-23(29-31-10-9-27-25(21)31)19-5-3-6-20(12-19)26(32)33/h3-10,12,14,17-18H,11,13,15-16H2,1-2H3,(H,32,33). The number of nitrogens with zero attached hydrogens (tertiary/aromatic N) is 5. The van der Waals surface area contributed by atoms with Gasteiger partial charge in [0.15, 0.2) is 5.65 Å². The van der Waals surface area contributed by atoms with Crippen molar-refractivity contribution < 1.29 is 9.90 Å². The second kappa shape index (κ2) is 8.65. The maximum absolute atomic E-state index is 11.4. The van der Waals surface area contributed by atoms with Crippen LogP contribution in [0.5, 0.6) is 0 Å². The van der Waals surface area contributed by atoms with Gasteiger partial charge in [-0.15, -0.1) is 0 Å². The summed E-state index contributed by atoms with van der Waals surface area (Å²) in [6, 6.07) is 15.0. The molecule has 1 aromatic carbocycles. The minimum atomic E-state index is -0.955. The Labute approximate surface area is 192 Å². The highest BCUT2D eigenvalue weighted by Crippen LogP contribution is 2.27. The molecule has 0 amide bonds. The molecule has 1 N–H and O–H groups in total. The van der Waals surface area contributed by atoms with Crippen molar-refractivity contribution in [1.29, 1.82) is 0 Å². The SMILES string of the molecule is CC1CC(C)CN(c2cccc(Cc3cc(-c4cccc(C(=O)O)c4)nn4ccnc34)n2)C1. The van der Waals surface area contributed by atoms with Crippen molar-refractivity contribution in [2.45, 2.75) is 26.7 Å². The highest BCUT2D eigenvalue weighted by molar-refractivity contribution is 5.89. The van der Waals surface area contributed by atoms with Crippen LogP contribution in [0.25, 0.3) is 16.9 Å². The van der Waals surface area contributed by atoms with Gasteiger partial charge in [-0.25, -0.2) is 19.3 Å². The van der Waals surface area contributed by atoms with E-state index in [2.05, 4.69) is 41.0 Å². The zero-order chi connectivity index (χ0) is 22.9. The molecule has 33 heavy (non-hydrogen) atoms. The lowest BCUT2D eigenvalue weighted by Gasteiger charge is -2.36. The number of carboxylic acids is 1. The molecule has 0 aliphatic carbocycles. The Morgan fingerprint density at radius 2 is 1.88 bits per heavy atom. The van der Waals surface area contributed by atoms with E-state index in [1.807, 2.05) is 24.4 Å². The first-order valence-corrected chi connectivity index (χ1v) is 11.3. The fourth-order valence-electron chi connectivity index (χ4n) is 4.85. The molecule has 7 heteroatoms. The Kier molecular flexibility index (Phi) is 5.54. The smallest absolute Gasteiger partial charge is 0.335 e. The van der Waals surface area contributed by atoms with Gasteiger partial charge in [-0.3, -0.25) is 0 Å². The minimum Gasteiger partial charge on any atom is -0.478 e. The summed E-state index contributed by atoms with van der Waals surface area (Å²) >= 11 is 0. The van der Waals surface area contributed by atoms with Gasteiger partial charge >= 0.3 is 5.97 Å². The van der Waals surface area contributed by atoms with Crippen LogP contribution in [0.4, 0.5) is 5.82 Å². The van der Waals surface area contributed by atoms with Crippen molar-refractivity contribution in [3.05, 3.63) is 77.7 Å². The van der Waals surface area contributed by atoms with E-state index in [9.17, 15) is 9.90 Å². The highest BCUT2D eigenvalue weighted by atomic mass is 16.4. The monoisotopic (exact) mass is 441 g/mol. The molecule has 1 aliphatic heterocycles. The van der Waals surface area contributed by atoms with Gasteiger partial charge in [0, 0.05) is 48.7 Å². The zero-order valence-corrected chi connectivity index (χ0v) is 18.8. The number of fused-ring (bicyclic) bond motifs is 1. The molecule has 0 bridgehead atoms. The average molecular weight is 442 g/mol. The molecule has 1 aliphatic rings. The summed E-state index contributed by atoms with van der Waals surface area (Å²) in [6.07, 6.45) is 5.41. The Bertz CT molecular complexity index is 1310. The van der Waals surface area contributed by atoms with Gasteiger partial charge in [0.25, 0.3) is 0 Å². The zero-order valence-electron chi connectivity index (χ0n) is 18.8. The number of benzene rings is 1. The maximum atomic E-state index is 11.4. The molecule has 0 saturated carbocycles. The number of anilines is 1. The van der Waals surface area contributed by atoms with Gasteiger partial charge in [-0.1, -0.05) is 32.0 Å². The summed E-state index contributed by atoms with van der Waals surface area (Å²) in [7, 11) is 0. The topological polar surface area (TPSA) is 83.6 Å². The van der Waals surface area contributed by atoms with Crippen LogP contribution in [-0.2, 0) is 6.42 Å². The first-order valence-electron chi connectivity index (χ1n) is 11.3. The van der Waals surface area contributed by atoms with E-state index in [0.717, 1.165) is 41.4 Å². The molecule has 2 unspecified atom stereocenters. The lowest BCUT2D eigenvalue weighted by atomic mass is 9.92. The summed E-state index contributed by atoms with van der Waals surface area (Å²) in [6.45, 7) is 6.67. The molecule has 4 heterocycles. The summed E-state index contributed by atoms with van der Waals surface area (Å²) in [4.78, 5) is 23.3. The average Bonchev–Trinajstić information content (AvgIpc) is 3.28. The van der Waals surface area contributed by atoms with Crippen LogP contribution in [0.1, 0.15) is 41.9 Å². The number of pyridine rings is 1. The molecule has 5 rings (SSSR count). The summed E-state index contributed by atoms with van der Waals surface area (Å²) < 4.78 is 1.75. The summed E-state index contributed by atoms with van der Waals surface area (Å²) in [5, 5.41) is 14.0. The summed E-state index contributed by atoms with van der Waals surface area (Å²) in [5.74, 6) is 1.39. The predicted molar refractivity (Wildman–Crippen MR) is 128 cm³/mol. The molecular weight excluding hydrogens is 414 g/mol. The van der Waals surface area contributed by atoms with Crippen LogP contribution in [0, 0.1) is 11.8 Å². The Morgan fingerprint density at radius 1 is 1.09 bits per heavy atom. The lowest BCUT2D eigenvalue weighted by Crippen LogP contribution is -2.39. The number of hydrogen-bond acceptors (Lipinski definition) is 5. The van der Waals surface area contributed by atoms with Gasteiger partial charge in [-0.05, 0) is 48.6 Å². The number of aromatic carboxylic acids is 1. The number of carboxylic acid groups (broad SMARTS) is 1. The van der Waals surface area contributed by atoms with E-state index < -0.39 is 5.97 Å². The van der Waals surface area contributed by atoms with Gasteiger partial charge < -0.3 is 10.0 Å². The van der Waals surface area contributed by atoms with Crippen molar-refractivity contribution >= 4 is 17.4 Å². The first-order chi connectivity index (χ1) is 16.0. The van der Waals surface area contributed by atoms with Crippen molar-refractivity contribution in [2.24, 2.45) is 11.8 Å². The van der Waals surface area contributed by atoms with Crippen LogP contribution in [0.3, 0.4) is 0 Å². The molecule has 4 aromatic rings. The molecular formula is C26H27N5O2. The third-order valence-electron chi connectivity index (χ3n) is 6.20. The van der Waals surface area contributed by atoms with Crippen LogP contribution < -0.4 is 4.90 Å². The molecule has 7 nitrogen and oxygen atoms in total. The predicted octanol–water partition coefficient (Wildman–Crippen LogP) is 4.56. The fourth-order valence-corrected chi connectivity index (χ4v) is 4.85. The molecule has 3 aromatic heterocycles. The Balaban J connectivity index is 1.49. The van der Waals surface area contributed by atoms with Gasteiger partial charge in [-0.2, -0.15) is 5.10 Å². The second-order valence-corrected chi connectivity index (χ2v) is 9.15. The molecule has 1 fully saturated rings. The van der Waals surface area contributed by atoms with Crippen molar-refractivity contribution in [3.63, 3.8) is 0 Å². The largest absolute Gasteiger partial charge is 0.478 e. The van der Waals surface area contributed by atoms with E-state index >= 15 is 0 Å². The quantitative estimate of drug-likeness (QED) is 0.489. The van der Waals surface area contributed by atoms with E-state index in [-0.39, 0.29) is 5.56 Å². The fraction of sp³-hybridized carbons (Fsp3) is 0.308. The third kappa shape index (κ3) is 4.44. The molecule has 168 valence electrons. The first kappa shape index (κ1) is 21.1.